The average molecular weight is 375 g/mol. The van der Waals surface area contributed by atoms with E-state index < -0.39 is 11.7 Å². The minimum atomic E-state index is -4.36. The van der Waals surface area contributed by atoms with Crippen molar-refractivity contribution in [2.45, 2.75) is 31.5 Å². The fourth-order valence-electron chi connectivity index (χ4n) is 3.78. The Bertz CT molecular complexity index is 886. The van der Waals surface area contributed by atoms with E-state index in [9.17, 15) is 13.2 Å². The normalized spacial score (nSPS) is 18.7. The lowest BCUT2D eigenvalue weighted by Gasteiger charge is -2.32. The van der Waals surface area contributed by atoms with Gasteiger partial charge in [-0.15, -0.1) is 0 Å². The molecule has 0 bridgehead atoms. The number of hydrogen-bond donors (Lipinski definition) is 1. The number of benzene rings is 1. The quantitative estimate of drug-likeness (QED) is 0.693. The summed E-state index contributed by atoms with van der Waals surface area (Å²) >= 11 is 0. The van der Waals surface area contributed by atoms with Crippen LogP contribution in [0.3, 0.4) is 0 Å². The predicted octanol–water partition coefficient (Wildman–Crippen LogP) is 5.07. The Morgan fingerprint density at radius 2 is 2.15 bits per heavy atom. The van der Waals surface area contributed by atoms with Gasteiger partial charge in [-0.3, -0.25) is 10.00 Å². The maximum atomic E-state index is 13.1. The second kappa shape index (κ2) is 7.23. The summed E-state index contributed by atoms with van der Waals surface area (Å²) in [6.07, 6.45) is 2.69. The number of piperidine rings is 1. The van der Waals surface area contributed by atoms with Gasteiger partial charge in [0.1, 0.15) is 0 Å². The summed E-state index contributed by atoms with van der Waals surface area (Å²) < 4.78 is 44.3. The van der Waals surface area contributed by atoms with Crippen LogP contribution in [-0.4, -0.2) is 28.2 Å². The maximum absolute atomic E-state index is 13.1. The van der Waals surface area contributed by atoms with Gasteiger partial charge in [-0.2, -0.15) is 18.3 Å². The molecule has 27 heavy (non-hydrogen) atoms. The average Bonchev–Trinajstić information content (AvgIpc) is 3.33. The molecule has 0 aliphatic carbocycles. The first kappa shape index (κ1) is 17.9. The van der Waals surface area contributed by atoms with Crippen molar-refractivity contribution in [1.82, 2.24) is 15.1 Å². The number of aromatic nitrogens is 2. The number of halogens is 3. The number of furan rings is 1. The van der Waals surface area contributed by atoms with Crippen LogP contribution in [0.5, 0.6) is 0 Å². The Balaban J connectivity index is 1.56. The van der Waals surface area contributed by atoms with E-state index in [0.717, 1.165) is 55.4 Å². The van der Waals surface area contributed by atoms with Gasteiger partial charge in [-0.05, 0) is 43.1 Å². The first-order valence-electron chi connectivity index (χ1n) is 8.95. The lowest BCUT2D eigenvalue weighted by Crippen LogP contribution is -2.34. The van der Waals surface area contributed by atoms with E-state index in [1.807, 2.05) is 6.07 Å². The first-order chi connectivity index (χ1) is 13.0. The van der Waals surface area contributed by atoms with Gasteiger partial charge in [-0.1, -0.05) is 12.1 Å². The molecule has 1 saturated heterocycles. The van der Waals surface area contributed by atoms with Crippen LogP contribution in [0.1, 0.15) is 35.6 Å². The minimum absolute atomic E-state index is 0.206. The van der Waals surface area contributed by atoms with Gasteiger partial charge >= 0.3 is 6.18 Å². The number of H-pyrrole nitrogens is 1. The van der Waals surface area contributed by atoms with E-state index in [-0.39, 0.29) is 5.92 Å². The second-order valence-corrected chi connectivity index (χ2v) is 6.98. The van der Waals surface area contributed by atoms with E-state index in [1.54, 1.807) is 24.8 Å². The van der Waals surface area contributed by atoms with E-state index in [4.69, 9.17) is 4.42 Å². The molecule has 1 aliphatic rings. The topological polar surface area (TPSA) is 45.1 Å². The zero-order valence-corrected chi connectivity index (χ0v) is 14.7. The van der Waals surface area contributed by atoms with Crippen LogP contribution >= 0.6 is 0 Å². The van der Waals surface area contributed by atoms with Crippen molar-refractivity contribution in [2.24, 2.45) is 0 Å². The molecular weight excluding hydrogens is 355 g/mol. The van der Waals surface area contributed by atoms with Crippen LogP contribution < -0.4 is 0 Å². The Labute approximate surface area is 155 Å². The highest BCUT2D eigenvalue weighted by atomic mass is 19.4. The monoisotopic (exact) mass is 375 g/mol. The summed E-state index contributed by atoms with van der Waals surface area (Å²) in [6.45, 7) is 2.63. The van der Waals surface area contributed by atoms with Gasteiger partial charge in [0.15, 0.2) is 0 Å². The van der Waals surface area contributed by atoms with Crippen molar-refractivity contribution < 1.29 is 17.6 Å². The first-order valence-corrected chi connectivity index (χ1v) is 8.95. The molecule has 0 amide bonds. The molecule has 1 aromatic carbocycles. The van der Waals surface area contributed by atoms with Crippen molar-refractivity contribution in [1.29, 1.82) is 0 Å². The van der Waals surface area contributed by atoms with E-state index >= 15 is 0 Å². The van der Waals surface area contributed by atoms with Gasteiger partial charge in [0.2, 0.25) is 0 Å². The SMILES string of the molecule is FC(F)(F)c1cccc(-c2cn[nH]c2C2CCCN(Cc3ccoc3)C2)c1. The third kappa shape index (κ3) is 3.93. The van der Waals surface area contributed by atoms with Crippen LogP contribution in [0.2, 0.25) is 0 Å². The second-order valence-electron chi connectivity index (χ2n) is 6.98. The highest BCUT2D eigenvalue weighted by molar-refractivity contribution is 5.66. The summed E-state index contributed by atoms with van der Waals surface area (Å²) in [4.78, 5) is 2.34. The van der Waals surface area contributed by atoms with Crippen molar-refractivity contribution in [3.8, 4) is 11.1 Å². The zero-order chi connectivity index (χ0) is 18.9. The largest absolute Gasteiger partial charge is 0.472 e. The number of rotatable bonds is 4. The number of alkyl halides is 3. The maximum Gasteiger partial charge on any atom is 0.416 e. The number of aromatic amines is 1. The fourth-order valence-corrected chi connectivity index (χ4v) is 3.78. The van der Waals surface area contributed by atoms with Crippen molar-refractivity contribution in [2.75, 3.05) is 13.1 Å². The standard InChI is InChI=1S/C20H20F3N3O/c21-20(22,23)17-5-1-3-15(9-17)18-10-24-25-19(18)16-4-2-7-26(12-16)11-14-6-8-27-13-14/h1,3,5-6,8-10,13,16H,2,4,7,11-12H2,(H,24,25). The number of likely N-dealkylation sites (tertiary alicyclic amines) is 1. The van der Waals surface area contributed by atoms with E-state index in [0.29, 0.717) is 5.56 Å². The number of nitrogens with one attached hydrogen (secondary N) is 1. The van der Waals surface area contributed by atoms with Crippen LogP contribution in [0.15, 0.2) is 53.5 Å². The number of hydrogen-bond acceptors (Lipinski definition) is 3. The lowest BCUT2D eigenvalue weighted by molar-refractivity contribution is -0.137. The van der Waals surface area contributed by atoms with E-state index in [2.05, 4.69) is 15.1 Å². The van der Waals surface area contributed by atoms with Gasteiger partial charge < -0.3 is 4.42 Å². The Kier molecular flexibility index (Phi) is 4.78. The highest BCUT2D eigenvalue weighted by Crippen LogP contribution is 2.36. The molecule has 7 heteroatoms. The van der Waals surface area contributed by atoms with Crippen LogP contribution in [0.4, 0.5) is 13.2 Å². The molecule has 0 saturated carbocycles. The smallest absolute Gasteiger partial charge is 0.416 e. The van der Waals surface area contributed by atoms with Crippen LogP contribution in [0.25, 0.3) is 11.1 Å². The summed E-state index contributed by atoms with van der Waals surface area (Å²) in [6, 6.07) is 7.39. The summed E-state index contributed by atoms with van der Waals surface area (Å²) in [5.74, 6) is 0.206. The third-order valence-corrected chi connectivity index (χ3v) is 5.07. The molecule has 4 rings (SSSR count). The van der Waals surface area contributed by atoms with Crippen molar-refractivity contribution >= 4 is 0 Å². The van der Waals surface area contributed by atoms with Gasteiger partial charge in [0.25, 0.3) is 0 Å². The molecular formula is C20H20F3N3O. The molecule has 3 aromatic rings. The van der Waals surface area contributed by atoms with Gasteiger partial charge in [0.05, 0.1) is 24.3 Å². The molecule has 142 valence electrons. The van der Waals surface area contributed by atoms with Crippen LogP contribution in [-0.2, 0) is 12.7 Å². The summed E-state index contributed by atoms with van der Waals surface area (Å²) in [5.41, 5.74) is 2.68. The molecule has 4 nitrogen and oxygen atoms in total. The molecule has 0 radical (unpaired) electrons. The molecule has 3 heterocycles. The van der Waals surface area contributed by atoms with Crippen LogP contribution in [0, 0.1) is 0 Å². The van der Waals surface area contributed by atoms with Gasteiger partial charge in [0, 0.05) is 35.8 Å². The molecule has 1 atom stereocenters. The van der Waals surface area contributed by atoms with Gasteiger partial charge in [-0.25, -0.2) is 0 Å². The number of nitrogens with zero attached hydrogens (tertiary/aromatic N) is 2. The molecule has 2 aromatic heterocycles. The molecule has 1 fully saturated rings. The summed E-state index contributed by atoms with van der Waals surface area (Å²) in [7, 11) is 0. The summed E-state index contributed by atoms with van der Waals surface area (Å²) in [5, 5.41) is 7.16. The molecule has 1 unspecified atom stereocenters. The fraction of sp³-hybridized carbons (Fsp3) is 0.350. The lowest BCUT2D eigenvalue weighted by atomic mass is 9.90. The van der Waals surface area contributed by atoms with E-state index in [1.165, 1.54) is 12.1 Å². The van der Waals surface area contributed by atoms with Crippen molar-refractivity contribution in [3.63, 3.8) is 0 Å². The predicted molar refractivity (Wildman–Crippen MR) is 95.0 cm³/mol. The Morgan fingerprint density at radius 3 is 2.93 bits per heavy atom. The highest BCUT2D eigenvalue weighted by Gasteiger charge is 2.31. The third-order valence-electron chi connectivity index (χ3n) is 5.07. The van der Waals surface area contributed by atoms with Crippen molar-refractivity contribution in [3.05, 3.63) is 65.9 Å². The Morgan fingerprint density at radius 1 is 1.26 bits per heavy atom. The Hall–Kier alpha value is -2.54. The minimum Gasteiger partial charge on any atom is -0.472 e. The molecule has 0 spiro atoms. The zero-order valence-electron chi connectivity index (χ0n) is 14.7. The molecule has 1 aliphatic heterocycles. The molecule has 1 N–H and O–H groups in total.